The Kier molecular flexibility index (Phi) is 4.60. The first-order valence-corrected chi connectivity index (χ1v) is 7.11. The highest BCUT2D eigenvalue weighted by molar-refractivity contribution is 9.10. The molecule has 1 aliphatic heterocycles. The number of hydrogen-bond acceptors (Lipinski definition) is 1. The van der Waals surface area contributed by atoms with Crippen LogP contribution in [0.3, 0.4) is 0 Å². The maximum atomic E-state index is 12.3. The number of hydrogen-bond donors (Lipinski definition) is 0. The molecule has 0 atom stereocenters. The van der Waals surface area contributed by atoms with Gasteiger partial charge in [0.15, 0.2) is 0 Å². The van der Waals surface area contributed by atoms with Crippen molar-refractivity contribution in [2.45, 2.75) is 32.1 Å². The fourth-order valence-corrected chi connectivity index (χ4v) is 2.49. The molecule has 0 spiro atoms. The number of rotatable bonds is 1. The Morgan fingerprint density at radius 3 is 2.06 bits per heavy atom. The summed E-state index contributed by atoms with van der Waals surface area (Å²) >= 11 is 3.39. The fourth-order valence-electron chi connectivity index (χ4n) is 2.23. The third-order valence-electron chi connectivity index (χ3n) is 3.23. The van der Waals surface area contributed by atoms with Crippen molar-refractivity contribution in [2.24, 2.45) is 0 Å². The van der Waals surface area contributed by atoms with Crippen LogP contribution in [-0.2, 0) is 0 Å². The topological polar surface area (TPSA) is 20.3 Å². The number of carbonyl (C=O) groups is 1. The Hall–Kier alpha value is -0.830. The molecule has 17 heavy (non-hydrogen) atoms. The maximum absolute atomic E-state index is 12.3. The monoisotopic (exact) mass is 295 g/mol. The molecule has 1 aromatic rings. The van der Waals surface area contributed by atoms with Crippen LogP contribution in [0.5, 0.6) is 0 Å². The lowest BCUT2D eigenvalue weighted by Crippen LogP contribution is -2.33. The summed E-state index contributed by atoms with van der Waals surface area (Å²) in [6, 6.07) is 7.64. The van der Waals surface area contributed by atoms with Crippen molar-refractivity contribution in [2.75, 3.05) is 13.1 Å². The van der Waals surface area contributed by atoms with Gasteiger partial charge in [-0.1, -0.05) is 35.2 Å². The van der Waals surface area contributed by atoms with Gasteiger partial charge in [-0.3, -0.25) is 4.79 Å². The van der Waals surface area contributed by atoms with Crippen LogP contribution in [0.4, 0.5) is 0 Å². The van der Waals surface area contributed by atoms with Crippen molar-refractivity contribution >= 4 is 21.8 Å². The van der Waals surface area contributed by atoms with Crippen molar-refractivity contribution < 1.29 is 4.79 Å². The minimum absolute atomic E-state index is 0.180. The van der Waals surface area contributed by atoms with E-state index in [2.05, 4.69) is 15.9 Å². The average Bonchev–Trinajstić information content (AvgIpc) is 2.29. The lowest BCUT2D eigenvalue weighted by molar-refractivity contribution is 0.0742. The molecule has 3 heteroatoms. The minimum Gasteiger partial charge on any atom is -0.339 e. The van der Waals surface area contributed by atoms with Crippen molar-refractivity contribution in [1.82, 2.24) is 4.90 Å². The third kappa shape index (κ3) is 3.56. The number of likely N-dealkylation sites (tertiary alicyclic amines) is 1. The Morgan fingerprint density at radius 1 is 0.941 bits per heavy atom. The molecule has 1 aromatic carbocycles. The number of amides is 1. The van der Waals surface area contributed by atoms with Crippen molar-refractivity contribution in [1.29, 1.82) is 0 Å². The number of carbonyl (C=O) groups excluding carboxylic acids is 1. The molecule has 1 saturated heterocycles. The Balaban J connectivity index is 2.04. The van der Waals surface area contributed by atoms with Crippen LogP contribution in [0.25, 0.3) is 0 Å². The molecule has 0 saturated carbocycles. The van der Waals surface area contributed by atoms with E-state index in [1.165, 1.54) is 19.3 Å². The zero-order valence-corrected chi connectivity index (χ0v) is 11.6. The zero-order chi connectivity index (χ0) is 12.1. The first-order valence-electron chi connectivity index (χ1n) is 6.32. The van der Waals surface area contributed by atoms with E-state index in [4.69, 9.17) is 0 Å². The highest BCUT2D eigenvalue weighted by Gasteiger charge is 2.16. The largest absolute Gasteiger partial charge is 0.339 e. The molecule has 1 aliphatic rings. The molecule has 0 bridgehead atoms. The molecule has 0 aliphatic carbocycles. The second kappa shape index (κ2) is 6.20. The number of benzene rings is 1. The summed E-state index contributed by atoms with van der Waals surface area (Å²) in [7, 11) is 0. The van der Waals surface area contributed by atoms with Crippen LogP contribution in [0, 0.1) is 0 Å². The SMILES string of the molecule is O=C(c1ccc(Br)cc1)N1CCCCCCC1. The molecular formula is C14H18BrNO. The molecule has 0 radical (unpaired) electrons. The van der Waals surface area contributed by atoms with Crippen LogP contribution in [-0.4, -0.2) is 23.9 Å². The standard InChI is InChI=1S/C14H18BrNO/c15-13-8-6-12(7-9-13)14(17)16-10-4-2-1-3-5-11-16/h6-9H,1-5,10-11H2. The number of nitrogens with zero attached hydrogens (tertiary/aromatic N) is 1. The molecule has 1 amide bonds. The second-order valence-electron chi connectivity index (χ2n) is 4.57. The van der Waals surface area contributed by atoms with E-state index in [9.17, 15) is 4.79 Å². The molecule has 1 fully saturated rings. The van der Waals surface area contributed by atoms with Crippen LogP contribution in [0.2, 0.25) is 0 Å². The summed E-state index contributed by atoms with van der Waals surface area (Å²) in [4.78, 5) is 14.3. The lowest BCUT2D eigenvalue weighted by atomic mass is 10.1. The predicted molar refractivity (Wildman–Crippen MR) is 73.1 cm³/mol. The lowest BCUT2D eigenvalue weighted by Gasteiger charge is -2.24. The van der Waals surface area contributed by atoms with Crippen molar-refractivity contribution in [3.05, 3.63) is 34.3 Å². The van der Waals surface area contributed by atoms with Gasteiger partial charge in [-0.15, -0.1) is 0 Å². The van der Waals surface area contributed by atoms with E-state index in [1.807, 2.05) is 29.2 Å². The summed E-state index contributed by atoms with van der Waals surface area (Å²) in [5.74, 6) is 0.180. The second-order valence-corrected chi connectivity index (χ2v) is 5.48. The molecular weight excluding hydrogens is 278 g/mol. The molecule has 92 valence electrons. The van der Waals surface area contributed by atoms with Gasteiger partial charge in [-0.25, -0.2) is 0 Å². The number of halogens is 1. The van der Waals surface area contributed by atoms with E-state index >= 15 is 0 Å². The van der Waals surface area contributed by atoms with Crippen molar-refractivity contribution in [3.63, 3.8) is 0 Å². The molecule has 0 N–H and O–H groups in total. The van der Waals surface area contributed by atoms with E-state index in [-0.39, 0.29) is 5.91 Å². The van der Waals surface area contributed by atoms with Crippen molar-refractivity contribution in [3.8, 4) is 0 Å². The van der Waals surface area contributed by atoms with Gasteiger partial charge >= 0.3 is 0 Å². The van der Waals surface area contributed by atoms with E-state index < -0.39 is 0 Å². The summed E-state index contributed by atoms with van der Waals surface area (Å²) in [6.07, 6.45) is 6.11. The van der Waals surface area contributed by atoms with Crippen LogP contribution in [0.1, 0.15) is 42.5 Å². The minimum atomic E-state index is 0.180. The van der Waals surface area contributed by atoms with E-state index in [0.717, 1.165) is 36.0 Å². The van der Waals surface area contributed by atoms with Gasteiger partial charge in [0.2, 0.25) is 0 Å². The third-order valence-corrected chi connectivity index (χ3v) is 3.76. The average molecular weight is 296 g/mol. The Bertz CT molecular complexity index is 366. The summed E-state index contributed by atoms with van der Waals surface area (Å²) < 4.78 is 1.02. The van der Waals surface area contributed by atoms with Gasteiger partial charge in [-0.2, -0.15) is 0 Å². The van der Waals surface area contributed by atoms with Gasteiger partial charge in [-0.05, 0) is 37.1 Å². The first kappa shape index (κ1) is 12.6. The maximum Gasteiger partial charge on any atom is 0.253 e. The Labute approximate surface area is 111 Å². The smallest absolute Gasteiger partial charge is 0.253 e. The molecule has 1 heterocycles. The zero-order valence-electron chi connectivity index (χ0n) is 9.99. The quantitative estimate of drug-likeness (QED) is 0.770. The van der Waals surface area contributed by atoms with Crippen LogP contribution < -0.4 is 0 Å². The van der Waals surface area contributed by atoms with E-state index in [1.54, 1.807) is 0 Å². The first-order chi connectivity index (χ1) is 8.27. The van der Waals surface area contributed by atoms with Gasteiger partial charge in [0.1, 0.15) is 0 Å². The highest BCUT2D eigenvalue weighted by atomic mass is 79.9. The fraction of sp³-hybridized carbons (Fsp3) is 0.500. The van der Waals surface area contributed by atoms with Gasteiger partial charge in [0.25, 0.3) is 5.91 Å². The predicted octanol–water partition coefficient (Wildman–Crippen LogP) is 3.86. The highest BCUT2D eigenvalue weighted by Crippen LogP contribution is 2.15. The molecule has 0 unspecified atom stereocenters. The van der Waals surface area contributed by atoms with Crippen LogP contribution in [0.15, 0.2) is 28.7 Å². The summed E-state index contributed by atoms with van der Waals surface area (Å²) in [5, 5.41) is 0. The van der Waals surface area contributed by atoms with E-state index in [0.29, 0.717) is 0 Å². The Morgan fingerprint density at radius 2 is 1.47 bits per heavy atom. The summed E-state index contributed by atoms with van der Waals surface area (Å²) in [5.41, 5.74) is 0.800. The molecule has 2 nitrogen and oxygen atoms in total. The molecule has 2 rings (SSSR count). The van der Waals surface area contributed by atoms with Gasteiger partial charge in [0.05, 0.1) is 0 Å². The van der Waals surface area contributed by atoms with Crippen LogP contribution >= 0.6 is 15.9 Å². The van der Waals surface area contributed by atoms with Gasteiger partial charge in [0, 0.05) is 23.1 Å². The summed E-state index contributed by atoms with van der Waals surface area (Å²) in [6.45, 7) is 1.82. The normalized spacial score (nSPS) is 17.4. The molecule has 0 aromatic heterocycles. The van der Waals surface area contributed by atoms with Gasteiger partial charge < -0.3 is 4.90 Å².